The Kier molecular flexibility index (Phi) is 3.80. The zero-order valence-corrected chi connectivity index (χ0v) is 21.4. The molecule has 176 valence electrons. The number of hydrogen-bond donors (Lipinski definition) is 0. The van der Waals surface area contributed by atoms with Crippen LogP contribution in [0.3, 0.4) is 0 Å². The fourth-order valence-corrected chi connectivity index (χ4v) is 7.32. The van der Waals surface area contributed by atoms with Crippen LogP contribution in [0.15, 0.2) is 109 Å². The summed E-state index contributed by atoms with van der Waals surface area (Å²) in [4.78, 5) is 2.54. The van der Waals surface area contributed by atoms with Crippen molar-refractivity contribution < 1.29 is 0 Å². The predicted octanol–water partition coefficient (Wildman–Crippen LogP) is 7.48. The van der Waals surface area contributed by atoms with Crippen LogP contribution in [0.4, 0.5) is 17.1 Å². The summed E-state index contributed by atoms with van der Waals surface area (Å²) in [5.41, 5.74) is 13.5. The van der Waals surface area contributed by atoms with Crippen molar-refractivity contribution >= 4 is 72.5 Å². The maximum atomic E-state index is 2.54. The molecular weight excluding hydrogens is 457 g/mol. The van der Waals surface area contributed by atoms with Crippen molar-refractivity contribution in [3.63, 3.8) is 0 Å². The first-order valence-corrected chi connectivity index (χ1v) is 13.5. The number of anilines is 3. The topological polar surface area (TPSA) is 3.24 Å². The van der Waals surface area contributed by atoms with Crippen molar-refractivity contribution in [3.05, 3.63) is 120 Å². The number of rotatable bonds is 1. The lowest BCUT2D eigenvalue weighted by molar-refractivity contribution is 1.30. The monoisotopic (exact) mass is 481 g/mol. The minimum Gasteiger partial charge on any atom is -0.311 e. The van der Waals surface area contributed by atoms with E-state index in [-0.39, 0.29) is 6.71 Å². The van der Waals surface area contributed by atoms with Crippen molar-refractivity contribution in [2.24, 2.45) is 0 Å². The summed E-state index contributed by atoms with van der Waals surface area (Å²) in [6.07, 6.45) is 0. The van der Waals surface area contributed by atoms with E-state index in [2.05, 4.69) is 128 Å². The van der Waals surface area contributed by atoms with Crippen LogP contribution in [-0.2, 0) is 0 Å². The third kappa shape index (κ3) is 2.48. The van der Waals surface area contributed by atoms with Crippen LogP contribution in [0.5, 0.6) is 0 Å². The number of nitrogens with zero attached hydrogens (tertiary/aromatic N) is 1. The van der Waals surface area contributed by atoms with Crippen LogP contribution >= 0.6 is 0 Å². The molecule has 0 fully saturated rings. The summed E-state index contributed by atoms with van der Waals surface area (Å²) in [7, 11) is 0. The molecule has 2 heteroatoms. The van der Waals surface area contributed by atoms with E-state index in [1.165, 1.54) is 88.0 Å². The van der Waals surface area contributed by atoms with Crippen molar-refractivity contribution in [2.45, 2.75) is 13.8 Å². The Bertz CT molecular complexity index is 2110. The number of benzene rings is 7. The maximum Gasteiger partial charge on any atom is 0.248 e. The second kappa shape index (κ2) is 7.05. The molecule has 2 aliphatic heterocycles. The van der Waals surface area contributed by atoms with Gasteiger partial charge in [-0.1, -0.05) is 102 Å². The van der Waals surface area contributed by atoms with Gasteiger partial charge in [-0.3, -0.25) is 0 Å². The van der Waals surface area contributed by atoms with Crippen LogP contribution in [0.2, 0.25) is 0 Å². The van der Waals surface area contributed by atoms with E-state index in [1.807, 2.05) is 0 Å². The summed E-state index contributed by atoms with van der Waals surface area (Å²) >= 11 is 0. The summed E-state index contributed by atoms with van der Waals surface area (Å²) in [5.74, 6) is 0. The molecule has 0 spiro atoms. The predicted molar refractivity (Wildman–Crippen MR) is 164 cm³/mol. The van der Waals surface area contributed by atoms with Crippen molar-refractivity contribution in [1.82, 2.24) is 0 Å². The molecule has 0 aromatic heterocycles. The van der Waals surface area contributed by atoms with Crippen LogP contribution < -0.4 is 21.3 Å². The second-order valence-electron chi connectivity index (χ2n) is 11.1. The van der Waals surface area contributed by atoms with E-state index in [9.17, 15) is 0 Å². The molecule has 2 heterocycles. The summed E-state index contributed by atoms with van der Waals surface area (Å²) < 4.78 is 0. The quantitative estimate of drug-likeness (QED) is 0.174. The van der Waals surface area contributed by atoms with E-state index in [0.717, 1.165) is 0 Å². The molecule has 0 atom stereocenters. The molecule has 7 aromatic rings. The summed E-state index contributed by atoms with van der Waals surface area (Å²) in [6.45, 7) is 4.68. The first-order valence-electron chi connectivity index (χ1n) is 13.5. The van der Waals surface area contributed by atoms with Gasteiger partial charge >= 0.3 is 0 Å². The molecule has 0 saturated heterocycles. The highest BCUT2D eigenvalue weighted by Gasteiger charge is 2.42. The number of aryl methyl sites for hydroxylation is 2. The van der Waals surface area contributed by atoms with E-state index >= 15 is 0 Å². The highest BCUT2D eigenvalue weighted by Crippen LogP contribution is 2.46. The van der Waals surface area contributed by atoms with Gasteiger partial charge in [-0.25, -0.2) is 0 Å². The minimum absolute atomic E-state index is 0.267. The third-order valence-corrected chi connectivity index (χ3v) is 8.91. The Labute approximate surface area is 222 Å². The zero-order chi connectivity index (χ0) is 25.1. The van der Waals surface area contributed by atoms with Gasteiger partial charge in [-0.2, -0.15) is 0 Å². The Hall–Kier alpha value is -4.56. The molecule has 0 unspecified atom stereocenters. The fourth-order valence-electron chi connectivity index (χ4n) is 7.32. The molecule has 0 radical (unpaired) electrons. The van der Waals surface area contributed by atoms with Gasteiger partial charge in [-0.05, 0) is 86.6 Å². The average molecular weight is 481 g/mol. The summed E-state index contributed by atoms with van der Waals surface area (Å²) in [5, 5.41) is 7.94. The molecule has 9 rings (SSSR count). The Morgan fingerprint density at radius 3 is 2.03 bits per heavy atom. The zero-order valence-electron chi connectivity index (χ0n) is 21.4. The molecule has 0 bridgehead atoms. The Morgan fingerprint density at radius 1 is 0.500 bits per heavy atom. The van der Waals surface area contributed by atoms with E-state index in [4.69, 9.17) is 0 Å². The van der Waals surface area contributed by atoms with Crippen molar-refractivity contribution in [3.8, 4) is 11.1 Å². The van der Waals surface area contributed by atoms with Crippen LogP contribution in [0, 0.1) is 13.8 Å². The SMILES string of the molecule is Cc1ccc2c(c1)-c1cccc3c1B2c1ccc(C)cc1N3c1ccc2ccc3cccc4ccc1c2c34. The average Bonchev–Trinajstić information content (AvgIpc) is 3.27. The van der Waals surface area contributed by atoms with Gasteiger partial charge in [0.05, 0.1) is 5.69 Å². The molecule has 0 saturated carbocycles. The van der Waals surface area contributed by atoms with Crippen LogP contribution in [0.25, 0.3) is 43.4 Å². The van der Waals surface area contributed by atoms with Crippen LogP contribution in [-0.4, -0.2) is 6.71 Å². The molecule has 38 heavy (non-hydrogen) atoms. The first-order chi connectivity index (χ1) is 18.7. The smallest absolute Gasteiger partial charge is 0.248 e. The van der Waals surface area contributed by atoms with Gasteiger partial charge in [0.2, 0.25) is 6.71 Å². The van der Waals surface area contributed by atoms with Gasteiger partial charge in [-0.15, -0.1) is 0 Å². The third-order valence-electron chi connectivity index (χ3n) is 8.91. The highest BCUT2D eigenvalue weighted by atomic mass is 15.2. The number of hydrogen-bond acceptors (Lipinski definition) is 1. The fraction of sp³-hybridized carbons (Fsp3) is 0.0556. The largest absolute Gasteiger partial charge is 0.311 e. The van der Waals surface area contributed by atoms with Gasteiger partial charge in [0.15, 0.2) is 0 Å². The lowest BCUT2D eigenvalue weighted by atomic mass is 9.37. The first kappa shape index (κ1) is 20.5. The van der Waals surface area contributed by atoms with E-state index in [1.54, 1.807) is 0 Å². The Morgan fingerprint density at radius 2 is 1.18 bits per heavy atom. The number of fused-ring (bicyclic) bond motifs is 5. The van der Waals surface area contributed by atoms with Crippen molar-refractivity contribution in [2.75, 3.05) is 4.90 Å². The van der Waals surface area contributed by atoms with Gasteiger partial charge in [0.25, 0.3) is 0 Å². The van der Waals surface area contributed by atoms with Gasteiger partial charge < -0.3 is 4.90 Å². The van der Waals surface area contributed by atoms with Crippen molar-refractivity contribution in [1.29, 1.82) is 0 Å². The Balaban J connectivity index is 1.41. The normalized spacial score (nSPS) is 13.4. The highest BCUT2D eigenvalue weighted by molar-refractivity contribution is 7.01. The molecule has 7 aromatic carbocycles. The maximum absolute atomic E-state index is 2.54. The van der Waals surface area contributed by atoms with Gasteiger partial charge in [0.1, 0.15) is 0 Å². The molecule has 1 nitrogen and oxygen atoms in total. The molecular formula is C36H24BN. The minimum atomic E-state index is 0.267. The lowest BCUT2D eigenvalue weighted by Gasteiger charge is -2.37. The molecule has 2 aliphatic rings. The molecule has 0 amide bonds. The molecule has 0 aliphatic carbocycles. The van der Waals surface area contributed by atoms with Crippen LogP contribution in [0.1, 0.15) is 11.1 Å². The van der Waals surface area contributed by atoms with Gasteiger partial charge in [0, 0.05) is 16.8 Å². The van der Waals surface area contributed by atoms with E-state index < -0.39 is 0 Å². The standard InChI is InChI=1S/C36H24BN/c1-21-9-16-29-28(19-21)26-7-4-8-32-36(26)37(29)30-17-10-22(2)20-33(30)38(32)31-18-14-25-12-11-23-5-3-6-24-13-15-27(31)35(25)34(23)24/h3-20H,1-2H3. The summed E-state index contributed by atoms with van der Waals surface area (Å²) in [6, 6.07) is 41.4. The van der Waals surface area contributed by atoms with E-state index in [0.29, 0.717) is 0 Å². The second-order valence-corrected chi connectivity index (χ2v) is 11.1. The lowest BCUT2D eigenvalue weighted by Crippen LogP contribution is -2.54. The molecule has 0 N–H and O–H groups in total.